The molecule has 1 saturated heterocycles. The quantitative estimate of drug-likeness (QED) is 0.864. The molecule has 0 radical (unpaired) electrons. The number of thiophene rings is 1. The molecule has 1 amide bonds. The minimum absolute atomic E-state index is 0.0201. The van der Waals surface area contributed by atoms with E-state index in [1.165, 1.54) is 9.75 Å². The molecule has 2 rings (SSSR count). The van der Waals surface area contributed by atoms with E-state index < -0.39 is 0 Å². The van der Waals surface area contributed by atoms with Crippen LogP contribution in [-0.2, 0) is 4.79 Å². The Morgan fingerprint density at radius 2 is 2.10 bits per heavy atom. The smallest absolute Gasteiger partial charge is 0.241 e. The lowest BCUT2D eigenvalue weighted by atomic mass is 10.1. The van der Waals surface area contributed by atoms with Crippen molar-refractivity contribution in [2.75, 3.05) is 0 Å². The fourth-order valence-electron chi connectivity index (χ4n) is 3.03. The van der Waals surface area contributed by atoms with Crippen molar-refractivity contribution < 1.29 is 4.79 Å². The fourth-order valence-corrected chi connectivity index (χ4v) is 3.96. The van der Waals surface area contributed by atoms with Crippen LogP contribution in [0.3, 0.4) is 0 Å². The van der Waals surface area contributed by atoms with Crippen LogP contribution in [0.5, 0.6) is 0 Å². The number of carbonyl (C=O) groups is 1. The zero-order valence-electron chi connectivity index (χ0n) is 13.0. The molecule has 20 heavy (non-hydrogen) atoms. The number of amides is 1. The fraction of sp³-hybridized carbons (Fsp3) is 0.688. The molecule has 1 N–H and O–H groups in total. The van der Waals surface area contributed by atoms with Crippen molar-refractivity contribution in [2.45, 2.75) is 71.6 Å². The minimum atomic E-state index is -0.0201. The van der Waals surface area contributed by atoms with E-state index in [-0.39, 0.29) is 18.1 Å². The van der Waals surface area contributed by atoms with E-state index in [1.54, 1.807) is 11.3 Å². The Bertz CT molecular complexity index is 457. The Labute approximate surface area is 126 Å². The molecule has 3 atom stereocenters. The van der Waals surface area contributed by atoms with Gasteiger partial charge in [-0.1, -0.05) is 27.2 Å². The van der Waals surface area contributed by atoms with Crippen LogP contribution in [-0.4, -0.2) is 22.9 Å². The largest absolute Gasteiger partial charge is 0.318 e. The van der Waals surface area contributed by atoms with Gasteiger partial charge < -0.3 is 4.90 Å². The monoisotopic (exact) mass is 294 g/mol. The van der Waals surface area contributed by atoms with E-state index >= 15 is 0 Å². The topological polar surface area (TPSA) is 32.3 Å². The highest BCUT2D eigenvalue weighted by Crippen LogP contribution is 2.34. The summed E-state index contributed by atoms with van der Waals surface area (Å²) in [4.78, 5) is 17.4. The summed E-state index contributed by atoms with van der Waals surface area (Å²) in [6.07, 6.45) is 4.16. The van der Waals surface area contributed by atoms with Crippen LogP contribution in [0.25, 0.3) is 0 Å². The second-order valence-electron chi connectivity index (χ2n) is 5.57. The molecule has 0 saturated carbocycles. The van der Waals surface area contributed by atoms with Gasteiger partial charge in [-0.05, 0) is 38.3 Å². The van der Waals surface area contributed by atoms with E-state index in [9.17, 15) is 4.79 Å². The van der Waals surface area contributed by atoms with Gasteiger partial charge in [-0.15, -0.1) is 11.3 Å². The third-order valence-electron chi connectivity index (χ3n) is 4.12. The van der Waals surface area contributed by atoms with Gasteiger partial charge in [-0.3, -0.25) is 10.1 Å². The molecule has 0 aliphatic carbocycles. The van der Waals surface area contributed by atoms with Gasteiger partial charge in [0.2, 0.25) is 5.91 Å². The van der Waals surface area contributed by atoms with Crippen LogP contribution in [0.2, 0.25) is 0 Å². The Morgan fingerprint density at radius 1 is 1.35 bits per heavy atom. The minimum Gasteiger partial charge on any atom is -0.318 e. The highest BCUT2D eigenvalue weighted by Gasteiger charge is 2.41. The van der Waals surface area contributed by atoms with Crippen molar-refractivity contribution in [1.82, 2.24) is 10.2 Å². The highest BCUT2D eigenvalue weighted by molar-refractivity contribution is 7.12. The molecule has 1 fully saturated rings. The third-order valence-corrected chi connectivity index (χ3v) is 5.17. The predicted octanol–water partition coefficient (Wildman–Crippen LogP) is 3.84. The van der Waals surface area contributed by atoms with Gasteiger partial charge in [0.25, 0.3) is 0 Å². The summed E-state index contributed by atoms with van der Waals surface area (Å²) in [5.41, 5.74) is 0. The van der Waals surface area contributed by atoms with Gasteiger partial charge in [0.15, 0.2) is 0 Å². The standard InChI is InChI=1S/C16H26N2OS/c1-5-8-12(6-2)18-15(14-10-9-11(4)20-14)17-13(7-3)16(18)19/h9-10,12-13,15,17H,5-8H2,1-4H3. The Kier molecular flexibility index (Phi) is 5.22. The number of nitrogens with one attached hydrogen (secondary N) is 1. The molecule has 3 nitrogen and oxygen atoms in total. The molecule has 1 aliphatic rings. The normalized spacial score (nSPS) is 24.4. The van der Waals surface area contributed by atoms with E-state index in [0.717, 1.165) is 25.7 Å². The van der Waals surface area contributed by atoms with Gasteiger partial charge >= 0.3 is 0 Å². The number of hydrogen-bond donors (Lipinski definition) is 1. The summed E-state index contributed by atoms with van der Waals surface area (Å²) >= 11 is 1.79. The molecular weight excluding hydrogens is 268 g/mol. The van der Waals surface area contributed by atoms with Crippen molar-refractivity contribution in [3.63, 3.8) is 0 Å². The van der Waals surface area contributed by atoms with Crippen LogP contribution >= 0.6 is 11.3 Å². The van der Waals surface area contributed by atoms with E-state index in [0.29, 0.717) is 6.04 Å². The average Bonchev–Trinajstić information content (AvgIpc) is 3.00. The SMILES string of the molecule is CCCC(CC)N1C(=O)C(CC)NC1c1ccc(C)s1. The Hall–Kier alpha value is -0.870. The first-order valence-corrected chi connectivity index (χ1v) is 8.58. The number of carbonyl (C=O) groups excluding carboxylic acids is 1. The molecule has 1 aliphatic heterocycles. The van der Waals surface area contributed by atoms with Crippen molar-refractivity contribution >= 4 is 17.2 Å². The summed E-state index contributed by atoms with van der Waals surface area (Å²) in [5.74, 6) is 0.281. The number of hydrogen-bond acceptors (Lipinski definition) is 3. The van der Waals surface area contributed by atoms with Gasteiger partial charge in [-0.2, -0.15) is 0 Å². The maximum atomic E-state index is 12.7. The zero-order chi connectivity index (χ0) is 14.7. The number of nitrogens with zero attached hydrogens (tertiary/aromatic N) is 1. The van der Waals surface area contributed by atoms with Crippen LogP contribution in [0.1, 0.15) is 62.4 Å². The highest BCUT2D eigenvalue weighted by atomic mass is 32.1. The van der Waals surface area contributed by atoms with Gasteiger partial charge in [0.05, 0.1) is 6.04 Å². The molecule has 1 aromatic heterocycles. The molecule has 0 spiro atoms. The lowest BCUT2D eigenvalue weighted by Gasteiger charge is -2.31. The van der Waals surface area contributed by atoms with Gasteiger partial charge in [0, 0.05) is 15.8 Å². The number of aryl methyl sites for hydroxylation is 1. The summed E-state index contributed by atoms with van der Waals surface area (Å²) in [6, 6.07) is 4.64. The first kappa shape index (κ1) is 15.5. The Morgan fingerprint density at radius 3 is 2.60 bits per heavy atom. The van der Waals surface area contributed by atoms with E-state index in [2.05, 4.69) is 50.0 Å². The van der Waals surface area contributed by atoms with Crippen LogP contribution in [0.4, 0.5) is 0 Å². The van der Waals surface area contributed by atoms with Crippen molar-refractivity contribution in [1.29, 1.82) is 0 Å². The van der Waals surface area contributed by atoms with Gasteiger partial charge in [-0.25, -0.2) is 0 Å². The van der Waals surface area contributed by atoms with Crippen molar-refractivity contribution in [3.8, 4) is 0 Å². The molecule has 0 bridgehead atoms. The van der Waals surface area contributed by atoms with Crippen molar-refractivity contribution in [3.05, 3.63) is 21.9 Å². The van der Waals surface area contributed by atoms with Crippen LogP contribution in [0.15, 0.2) is 12.1 Å². The summed E-state index contributed by atoms with van der Waals surface area (Å²) in [5, 5.41) is 3.53. The second-order valence-corrected chi connectivity index (χ2v) is 6.89. The van der Waals surface area contributed by atoms with E-state index in [4.69, 9.17) is 0 Å². The number of rotatable bonds is 6. The van der Waals surface area contributed by atoms with Gasteiger partial charge in [0.1, 0.15) is 6.17 Å². The average molecular weight is 294 g/mol. The molecule has 0 aromatic carbocycles. The molecule has 1 aromatic rings. The first-order chi connectivity index (χ1) is 9.62. The maximum Gasteiger partial charge on any atom is 0.241 e. The predicted molar refractivity (Wildman–Crippen MR) is 84.8 cm³/mol. The third kappa shape index (κ3) is 2.91. The Balaban J connectivity index is 2.29. The summed E-state index contributed by atoms with van der Waals surface area (Å²) in [6.45, 7) is 8.58. The molecular formula is C16H26N2OS. The first-order valence-electron chi connectivity index (χ1n) is 7.76. The second kappa shape index (κ2) is 6.72. The summed E-state index contributed by atoms with van der Waals surface area (Å²) in [7, 11) is 0. The van der Waals surface area contributed by atoms with E-state index in [1.807, 2.05) is 0 Å². The lowest BCUT2D eigenvalue weighted by molar-refractivity contribution is -0.132. The molecule has 4 heteroatoms. The maximum absolute atomic E-state index is 12.7. The van der Waals surface area contributed by atoms with Crippen LogP contribution < -0.4 is 5.32 Å². The molecule has 112 valence electrons. The van der Waals surface area contributed by atoms with Crippen LogP contribution in [0, 0.1) is 6.92 Å². The molecule has 3 unspecified atom stereocenters. The van der Waals surface area contributed by atoms with Crippen molar-refractivity contribution in [2.24, 2.45) is 0 Å². The lowest BCUT2D eigenvalue weighted by Crippen LogP contribution is -2.39. The zero-order valence-corrected chi connectivity index (χ0v) is 13.8. The summed E-state index contributed by atoms with van der Waals surface area (Å²) < 4.78 is 0. The molecule has 2 heterocycles.